The van der Waals surface area contributed by atoms with Gasteiger partial charge in [-0.15, -0.1) is 11.8 Å². The molecule has 0 atom stereocenters. The van der Waals surface area contributed by atoms with Crippen molar-refractivity contribution in [2.24, 2.45) is 4.99 Å². The van der Waals surface area contributed by atoms with Crippen molar-refractivity contribution in [3.8, 4) is 11.5 Å². The SMILES string of the molecule is COCCn1c(=NC(=O)CSCc2ccccc2)sc2cc(OC)c(OC)cc21. The van der Waals surface area contributed by atoms with Crippen LogP contribution in [0.25, 0.3) is 10.2 Å². The van der Waals surface area contributed by atoms with Crippen LogP contribution in [0.3, 0.4) is 0 Å². The largest absolute Gasteiger partial charge is 0.493 e. The second-order valence-corrected chi connectivity index (χ2v) is 8.18. The minimum Gasteiger partial charge on any atom is -0.493 e. The summed E-state index contributed by atoms with van der Waals surface area (Å²) in [6.45, 7) is 1.11. The van der Waals surface area contributed by atoms with Gasteiger partial charge in [0.25, 0.3) is 5.91 Å². The minimum absolute atomic E-state index is 0.150. The van der Waals surface area contributed by atoms with Gasteiger partial charge in [-0.05, 0) is 5.56 Å². The zero-order valence-corrected chi connectivity index (χ0v) is 18.3. The van der Waals surface area contributed by atoms with Crippen LogP contribution in [0.2, 0.25) is 0 Å². The predicted octanol–water partition coefficient (Wildman–Crippen LogP) is 3.73. The van der Waals surface area contributed by atoms with Crippen molar-refractivity contribution >= 4 is 39.2 Å². The summed E-state index contributed by atoms with van der Waals surface area (Å²) in [6, 6.07) is 13.9. The smallest absolute Gasteiger partial charge is 0.258 e. The lowest BCUT2D eigenvalue weighted by Gasteiger charge is -2.09. The molecule has 3 aromatic rings. The van der Waals surface area contributed by atoms with Gasteiger partial charge in [-0.3, -0.25) is 4.79 Å². The third-order valence-electron chi connectivity index (χ3n) is 4.26. The third-order valence-corrected chi connectivity index (χ3v) is 6.29. The van der Waals surface area contributed by atoms with Crippen molar-refractivity contribution in [2.45, 2.75) is 12.3 Å². The third kappa shape index (κ3) is 5.41. The van der Waals surface area contributed by atoms with Crippen LogP contribution < -0.4 is 14.3 Å². The number of carbonyl (C=O) groups excluding carboxylic acids is 1. The molecule has 0 spiro atoms. The van der Waals surface area contributed by atoms with Gasteiger partial charge in [0.2, 0.25) is 0 Å². The van der Waals surface area contributed by atoms with Gasteiger partial charge in [0.15, 0.2) is 16.3 Å². The molecule has 6 nitrogen and oxygen atoms in total. The number of hydrogen-bond acceptors (Lipinski definition) is 6. The van der Waals surface area contributed by atoms with Crippen LogP contribution >= 0.6 is 23.1 Å². The fourth-order valence-corrected chi connectivity index (χ4v) is 4.70. The molecule has 2 aromatic carbocycles. The van der Waals surface area contributed by atoms with Crippen molar-refractivity contribution in [1.29, 1.82) is 0 Å². The number of benzene rings is 2. The van der Waals surface area contributed by atoms with Crippen LogP contribution in [0, 0.1) is 0 Å². The van der Waals surface area contributed by atoms with E-state index in [4.69, 9.17) is 14.2 Å². The average Bonchev–Trinajstić information content (AvgIpc) is 3.07. The zero-order chi connectivity index (χ0) is 20.6. The Kier molecular flexibility index (Phi) is 7.74. The number of nitrogens with zero attached hydrogens (tertiary/aromatic N) is 2. The van der Waals surface area contributed by atoms with Crippen molar-refractivity contribution in [3.05, 3.63) is 52.8 Å². The maximum atomic E-state index is 12.5. The molecule has 0 bridgehead atoms. The Morgan fingerprint density at radius 2 is 1.83 bits per heavy atom. The number of amides is 1. The Balaban J connectivity index is 1.86. The van der Waals surface area contributed by atoms with Crippen molar-refractivity contribution in [3.63, 3.8) is 0 Å². The van der Waals surface area contributed by atoms with Gasteiger partial charge in [0.05, 0.1) is 36.8 Å². The van der Waals surface area contributed by atoms with E-state index < -0.39 is 0 Å². The molecule has 3 rings (SSSR count). The van der Waals surface area contributed by atoms with E-state index in [2.05, 4.69) is 17.1 Å². The van der Waals surface area contributed by atoms with Gasteiger partial charge in [0, 0.05) is 31.5 Å². The molecule has 1 heterocycles. The van der Waals surface area contributed by atoms with E-state index in [1.807, 2.05) is 34.9 Å². The van der Waals surface area contributed by atoms with Crippen LogP contribution in [-0.2, 0) is 21.8 Å². The molecule has 0 unspecified atom stereocenters. The summed E-state index contributed by atoms with van der Waals surface area (Å²) in [5, 5.41) is 0. The van der Waals surface area contributed by atoms with E-state index in [1.165, 1.54) is 16.9 Å². The molecule has 1 aromatic heterocycles. The lowest BCUT2D eigenvalue weighted by molar-refractivity contribution is -0.115. The molecule has 154 valence electrons. The molecule has 1 amide bonds. The van der Waals surface area contributed by atoms with Crippen LogP contribution in [0.5, 0.6) is 11.5 Å². The lowest BCUT2D eigenvalue weighted by Crippen LogP contribution is -2.19. The molecular formula is C21H24N2O4S2. The summed E-state index contributed by atoms with van der Waals surface area (Å²) >= 11 is 3.02. The Morgan fingerprint density at radius 1 is 1.10 bits per heavy atom. The zero-order valence-electron chi connectivity index (χ0n) is 16.7. The number of ether oxygens (including phenoxy) is 3. The van der Waals surface area contributed by atoms with E-state index in [9.17, 15) is 4.79 Å². The molecule has 0 saturated carbocycles. The van der Waals surface area contributed by atoms with E-state index in [0.717, 1.165) is 16.0 Å². The number of carbonyl (C=O) groups is 1. The summed E-state index contributed by atoms with van der Waals surface area (Å²) in [5.74, 6) is 2.26. The van der Waals surface area contributed by atoms with Gasteiger partial charge in [-0.1, -0.05) is 41.7 Å². The monoisotopic (exact) mass is 432 g/mol. The van der Waals surface area contributed by atoms with Gasteiger partial charge in [0.1, 0.15) is 0 Å². The summed E-state index contributed by atoms with van der Waals surface area (Å²) in [5.41, 5.74) is 2.13. The first-order valence-corrected chi connectivity index (χ1v) is 11.1. The number of thiazole rings is 1. The number of methoxy groups -OCH3 is 3. The molecule has 0 aliphatic rings. The highest BCUT2D eigenvalue weighted by molar-refractivity contribution is 7.99. The first-order valence-electron chi connectivity index (χ1n) is 9.09. The van der Waals surface area contributed by atoms with Gasteiger partial charge in [-0.25, -0.2) is 0 Å². The molecular weight excluding hydrogens is 408 g/mol. The fraction of sp³-hybridized carbons (Fsp3) is 0.333. The fourth-order valence-electron chi connectivity index (χ4n) is 2.85. The van der Waals surface area contributed by atoms with Gasteiger partial charge < -0.3 is 18.8 Å². The maximum Gasteiger partial charge on any atom is 0.258 e. The highest BCUT2D eigenvalue weighted by Gasteiger charge is 2.13. The standard InChI is InChI=1S/C21H24N2O4S2/c1-25-10-9-23-16-11-17(26-2)18(27-3)12-19(16)29-21(23)22-20(24)14-28-13-15-7-5-4-6-8-15/h4-8,11-12H,9-10,13-14H2,1-3H3. The van der Waals surface area contributed by atoms with Crippen molar-refractivity contribution < 1.29 is 19.0 Å². The van der Waals surface area contributed by atoms with Crippen molar-refractivity contribution in [2.75, 3.05) is 33.7 Å². The Hall–Kier alpha value is -2.29. The molecule has 0 radical (unpaired) electrons. The van der Waals surface area contributed by atoms with Crippen LogP contribution in [-0.4, -0.2) is 44.2 Å². The number of thioether (sulfide) groups is 1. The normalized spacial score (nSPS) is 11.8. The maximum absolute atomic E-state index is 12.5. The summed E-state index contributed by atoms with van der Waals surface area (Å²) < 4.78 is 19.0. The number of rotatable bonds is 9. The summed E-state index contributed by atoms with van der Waals surface area (Å²) in [7, 11) is 4.87. The highest BCUT2D eigenvalue weighted by Crippen LogP contribution is 2.33. The molecule has 8 heteroatoms. The Labute approximate surface area is 178 Å². The second kappa shape index (κ2) is 10.5. The lowest BCUT2D eigenvalue weighted by atomic mass is 10.2. The number of hydrogen-bond donors (Lipinski definition) is 0. The molecule has 0 N–H and O–H groups in total. The van der Waals surface area contributed by atoms with E-state index >= 15 is 0 Å². The summed E-state index contributed by atoms with van der Waals surface area (Å²) in [6.07, 6.45) is 0. The molecule has 0 fully saturated rings. The Morgan fingerprint density at radius 3 is 2.52 bits per heavy atom. The summed E-state index contributed by atoms with van der Waals surface area (Å²) in [4.78, 5) is 17.5. The van der Waals surface area contributed by atoms with E-state index in [-0.39, 0.29) is 5.91 Å². The second-order valence-electron chi connectivity index (χ2n) is 6.19. The topological polar surface area (TPSA) is 62.1 Å². The quantitative estimate of drug-likeness (QED) is 0.516. The Bertz CT molecular complexity index is 1030. The number of aromatic nitrogens is 1. The molecule has 0 aliphatic carbocycles. The first-order chi connectivity index (χ1) is 14.2. The first kappa shape index (κ1) is 21.4. The highest BCUT2D eigenvalue weighted by atomic mass is 32.2. The minimum atomic E-state index is -0.150. The van der Waals surface area contributed by atoms with Gasteiger partial charge in [-0.2, -0.15) is 4.99 Å². The average molecular weight is 433 g/mol. The van der Waals surface area contributed by atoms with Crippen LogP contribution in [0.15, 0.2) is 47.5 Å². The molecule has 29 heavy (non-hydrogen) atoms. The van der Waals surface area contributed by atoms with Crippen molar-refractivity contribution in [1.82, 2.24) is 4.57 Å². The van der Waals surface area contributed by atoms with Gasteiger partial charge >= 0.3 is 0 Å². The predicted molar refractivity (Wildman–Crippen MR) is 118 cm³/mol. The van der Waals surface area contributed by atoms with Crippen LogP contribution in [0.4, 0.5) is 0 Å². The van der Waals surface area contributed by atoms with Crippen LogP contribution in [0.1, 0.15) is 5.56 Å². The van der Waals surface area contributed by atoms with E-state index in [1.54, 1.807) is 33.1 Å². The molecule has 0 saturated heterocycles. The number of fused-ring (bicyclic) bond motifs is 1. The molecule has 0 aliphatic heterocycles. The van der Waals surface area contributed by atoms with E-state index in [0.29, 0.717) is 35.2 Å².